The molecule has 1 N–H and O–H groups in total. The third-order valence-electron chi connectivity index (χ3n) is 1.59. The number of carboxylic acids is 1. The van der Waals surface area contributed by atoms with Crippen molar-refractivity contribution >= 4 is 11.9 Å². The Morgan fingerprint density at radius 3 is 2.08 bits per heavy atom. The van der Waals surface area contributed by atoms with E-state index in [-0.39, 0.29) is 12.5 Å². The maximum Gasteiger partial charge on any atom is 0.323 e. The molecule has 5 heteroatoms. The van der Waals surface area contributed by atoms with Crippen LogP contribution in [0.5, 0.6) is 0 Å². The molecule has 0 radical (unpaired) electrons. The lowest BCUT2D eigenvalue weighted by atomic mass is 10.4. The zero-order valence-corrected chi connectivity index (χ0v) is 8.28. The second-order valence-corrected chi connectivity index (χ2v) is 3.14. The average molecular weight is 188 g/mol. The van der Waals surface area contributed by atoms with E-state index in [0.29, 0.717) is 13.1 Å². The quantitative estimate of drug-likeness (QED) is 0.630. The molecular formula is C8H16N2O3. The van der Waals surface area contributed by atoms with E-state index in [4.69, 9.17) is 5.11 Å². The van der Waals surface area contributed by atoms with Gasteiger partial charge in [0.1, 0.15) is 6.54 Å². The molecule has 1 amide bonds. The van der Waals surface area contributed by atoms with Crippen molar-refractivity contribution in [3.63, 3.8) is 0 Å². The highest BCUT2D eigenvalue weighted by atomic mass is 16.4. The second kappa shape index (κ2) is 5.53. The van der Waals surface area contributed by atoms with Gasteiger partial charge in [0.05, 0.1) is 0 Å². The van der Waals surface area contributed by atoms with Crippen molar-refractivity contribution in [3.05, 3.63) is 0 Å². The largest absolute Gasteiger partial charge is 0.480 e. The van der Waals surface area contributed by atoms with E-state index in [9.17, 15) is 9.59 Å². The van der Waals surface area contributed by atoms with Crippen molar-refractivity contribution in [1.82, 2.24) is 9.80 Å². The first-order chi connectivity index (χ1) is 5.93. The summed E-state index contributed by atoms with van der Waals surface area (Å²) in [5.74, 6) is -1.18. The highest BCUT2D eigenvalue weighted by molar-refractivity contribution is 5.79. The van der Waals surface area contributed by atoms with Crippen LogP contribution in [0.15, 0.2) is 0 Å². The van der Waals surface area contributed by atoms with Crippen LogP contribution in [0.3, 0.4) is 0 Å². The number of hydrogen-bond donors (Lipinski definition) is 1. The summed E-state index contributed by atoms with van der Waals surface area (Å²) >= 11 is 0. The van der Waals surface area contributed by atoms with Crippen LogP contribution >= 0.6 is 0 Å². The van der Waals surface area contributed by atoms with E-state index in [0.717, 1.165) is 0 Å². The molecule has 0 fully saturated rings. The fourth-order valence-corrected chi connectivity index (χ4v) is 0.832. The van der Waals surface area contributed by atoms with Crippen LogP contribution in [0.2, 0.25) is 0 Å². The average Bonchev–Trinajstić information content (AvgIpc) is 1.96. The summed E-state index contributed by atoms with van der Waals surface area (Å²) in [5, 5.41) is 8.49. The third kappa shape index (κ3) is 6.10. The van der Waals surface area contributed by atoms with Gasteiger partial charge >= 0.3 is 5.97 Å². The van der Waals surface area contributed by atoms with Crippen LogP contribution in [0.25, 0.3) is 0 Å². The van der Waals surface area contributed by atoms with Crippen LogP contribution in [0, 0.1) is 0 Å². The molecule has 0 aromatic rings. The van der Waals surface area contributed by atoms with Crippen LogP contribution < -0.4 is 0 Å². The Kier molecular flexibility index (Phi) is 5.06. The molecule has 76 valence electrons. The van der Waals surface area contributed by atoms with Crippen LogP contribution in [-0.2, 0) is 9.59 Å². The normalized spacial score (nSPS) is 10.2. The van der Waals surface area contributed by atoms with Crippen molar-refractivity contribution in [2.24, 2.45) is 0 Å². The fraction of sp³-hybridized carbons (Fsp3) is 0.750. The van der Waals surface area contributed by atoms with Crippen LogP contribution in [-0.4, -0.2) is 60.5 Å². The molecule has 0 heterocycles. The van der Waals surface area contributed by atoms with E-state index in [1.54, 1.807) is 0 Å². The lowest BCUT2D eigenvalue weighted by Gasteiger charge is -2.20. The van der Waals surface area contributed by atoms with E-state index >= 15 is 0 Å². The third-order valence-corrected chi connectivity index (χ3v) is 1.59. The van der Waals surface area contributed by atoms with Gasteiger partial charge in [-0.15, -0.1) is 0 Å². The number of hydrogen-bond acceptors (Lipinski definition) is 3. The fourth-order valence-electron chi connectivity index (χ4n) is 0.832. The molecule has 5 nitrogen and oxygen atoms in total. The maximum atomic E-state index is 10.9. The smallest absolute Gasteiger partial charge is 0.323 e. The number of aliphatic carboxylic acids is 1. The topological polar surface area (TPSA) is 60.9 Å². The molecule has 0 saturated heterocycles. The van der Waals surface area contributed by atoms with Gasteiger partial charge in [-0.3, -0.25) is 9.59 Å². The molecule has 0 aromatic carbocycles. The minimum atomic E-state index is -0.978. The monoisotopic (exact) mass is 188 g/mol. The molecule has 0 aromatic heterocycles. The van der Waals surface area contributed by atoms with Gasteiger partial charge in [0.25, 0.3) is 0 Å². The zero-order chi connectivity index (χ0) is 10.4. The molecule has 0 rings (SSSR count). The first-order valence-corrected chi connectivity index (χ1v) is 4.05. The summed E-state index contributed by atoms with van der Waals surface area (Å²) in [4.78, 5) is 24.5. The van der Waals surface area contributed by atoms with E-state index in [1.807, 2.05) is 19.0 Å². The van der Waals surface area contributed by atoms with Crippen LogP contribution in [0.1, 0.15) is 6.92 Å². The Morgan fingerprint density at radius 2 is 1.77 bits per heavy atom. The SMILES string of the molecule is CC(=O)N(CCN(C)C)CC(=O)O. The maximum absolute atomic E-state index is 10.9. The summed E-state index contributed by atoms with van der Waals surface area (Å²) in [6.45, 7) is 2.28. The van der Waals surface area contributed by atoms with Gasteiger partial charge in [-0.1, -0.05) is 0 Å². The van der Waals surface area contributed by atoms with Crippen molar-refractivity contribution < 1.29 is 14.7 Å². The number of likely N-dealkylation sites (N-methyl/N-ethyl adjacent to an activating group) is 1. The van der Waals surface area contributed by atoms with E-state index < -0.39 is 5.97 Å². The van der Waals surface area contributed by atoms with E-state index in [2.05, 4.69) is 0 Å². The molecule has 0 aliphatic heterocycles. The summed E-state index contributed by atoms with van der Waals surface area (Å²) < 4.78 is 0. The Hall–Kier alpha value is -1.10. The summed E-state index contributed by atoms with van der Waals surface area (Å²) in [5.41, 5.74) is 0. The molecule has 0 spiro atoms. The molecule has 13 heavy (non-hydrogen) atoms. The number of carboxylic acid groups (broad SMARTS) is 1. The van der Waals surface area contributed by atoms with Crippen molar-refractivity contribution in [2.75, 3.05) is 33.7 Å². The molecule has 0 saturated carbocycles. The summed E-state index contributed by atoms with van der Waals surface area (Å²) in [7, 11) is 3.75. The summed E-state index contributed by atoms with van der Waals surface area (Å²) in [6, 6.07) is 0. The molecule has 0 bridgehead atoms. The molecular weight excluding hydrogens is 172 g/mol. The Bertz CT molecular complexity index is 192. The van der Waals surface area contributed by atoms with Gasteiger partial charge in [-0.25, -0.2) is 0 Å². The number of carbonyl (C=O) groups is 2. The minimum absolute atomic E-state index is 0.204. The van der Waals surface area contributed by atoms with Gasteiger partial charge in [0.2, 0.25) is 5.91 Å². The lowest BCUT2D eigenvalue weighted by molar-refractivity contribution is -0.143. The highest BCUT2D eigenvalue weighted by Gasteiger charge is 2.11. The number of rotatable bonds is 5. The molecule has 0 aliphatic carbocycles. The molecule has 0 aliphatic rings. The van der Waals surface area contributed by atoms with Gasteiger partial charge in [0.15, 0.2) is 0 Å². The first-order valence-electron chi connectivity index (χ1n) is 4.05. The van der Waals surface area contributed by atoms with Gasteiger partial charge in [0, 0.05) is 20.0 Å². The van der Waals surface area contributed by atoms with Crippen LogP contribution in [0.4, 0.5) is 0 Å². The highest BCUT2D eigenvalue weighted by Crippen LogP contribution is 1.90. The number of nitrogens with zero attached hydrogens (tertiary/aromatic N) is 2. The van der Waals surface area contributed by atoms with Crippen molar-refractivity contribution in [2.45, 2.75) is 6.92 Å². The van der Waals surface area contributed by atoms with Crippen molar-refractivity contribution in [1.29, 1.82) is 0 Å². The van der Waals surface area contributed by atoms with Gasteiger partial charge < -0.3 is 14.9 Å². The summed E-state index contributed by atoms with van der Waals surface area (Å²) in [6.07, 6.45) is 0. The zero-order valence-electron chi connectivity index (χ0n) is 8.28. The Labute approximate surface area is 77.9 Å². The number of carbonyl (C=O) groups excluding carboxylic acids is 1. The Balaban J connectivity index is 3.95. The first kappa shape index (κ1) is 11.9. The number of amides is 1. The van der Waals surface area contributed by atoms with Gasteiger partial charge in [-0.05, 0) is 14.1 Å². The predicted octanol–water partition coefficient (Wildman–Crippen LogP) is -0.519. The second-order valence-electron chi connectivity index (χ2n) is 3.14. The lowest BCUT2D eigenvalue weighted by Crippen LogP contribution is -2.38. The molecule has 0 atom stereocenters. The van der Waals surface area contributed by atoms with Gasteiger partial charge in [-0.2, -0.15) is 0 Å². The van der Waals surface area contributed by atoms with Crippen molar-refractivity contribution in [3.8, 4) is 0 Å². The minimum Gasteiger partial charge on any atom is -0.480 e. The Morgan fingerprint density at radius 1 is 1.23 bits per heavy atom. The standard InChI is InChI=1S/C8H16N2O3/c1-7(11)10(6-8(12)13)5-4-9(2)3/h4-6H2,1-3H3,(H,12,13). The van der Waals surface area contributed by atoms with E-state index in [1.165, 1.54) is 11.8 Å². The molecule has 0 unspecified atom stereocenters. The predicted molar refractivity (Wildman–Crippen MR) is 48.4 cm³/mol.